The molecule has 1 aliphatic carbocycles. The summed E-state index contributed by atoms with van der Waals surface area (Å²) in [4.78, 5) is 12.3. The first-order chi connectivity index (χ1) is 10.1. The van der Waals surface area contributed by atoms with Gasteiger partial charge in [-0.3, -0.25) is 9.48 Å². The van der Waals surface area contributed by atoms with Crippen molar-refractivity contribution < 1.29 is 4.79 Å². The first kappa shape index (κ1) is 14.6. The molecule has 3 nitrogen and oxygen atoms in total. The summed E-state index contributed by atoms with van der Waals surface area (Å²) in [5.41, 5.74) is 1.24. The predicted molar refractivity (Wildman–Crippen MR) is 84.2 cm³/mol. The molecule has 21 heavy (non-hydrogen) atoms. The van der Waals surface area contributed by atoms with Gasteiger partial charge >= 0.3 is 0 Å². The van der Waals surface area contributed by atoms with Crippen LogP contribution in [0, 0.1) is 0 Å². The predicted octanol–water partition coefficient (Wildman–Crippen LogP) is 4.73. The lowest BCUT2D eigenvalue weighted by Gasteiger charge is -2.08. The van der Waals surface area contributed by atoms with Gasteiger partial charge < -0.3 is 0 Å². The average molecular weight is 323 g/mol. The topological polar surface area (TPSA) is 34.9 Å². The van der Waals surface area contributed by atoms with E-state index in [-0.39, 0.29) is 12.2 Å². The summed E-state index contributed by atoms with van der Waals surface area (Å²) in [7, 11) is 0. The molecule has 1 aliphatic rings. The second-order valence-corrected chi connectivity index (χ2v) is 6.29. The fourth-order valence-electron chi connectivity index (χ4n) is 2.81. The van der Waals surface area contributed by atoms with Crippen molar-refractivity contribution >= 4 is 29.0 Å². The minimum absolute atomic E-state index is 0.0563. The van der Waals surface area contributed by atoms with Crippen molar-refractivity contribution in [3.05, 3.63) is 51.8 Å². The number of benzene rings is 1. The van der Waals surface area contributed by atoms with Crippen LogP contribution in [0.4, 0.5) is 0 Å². The van der Waals surface area contributed by atoms with E-state index in [1.165, 1.54) is 25.7 Å². The highest BCUT2D eigenvalue weighted by atomic mass is 35.5. The maximum Gasteiger partial charge on any atom is 0.170 e. The molecule has 0 unspecified atom stereocenters. The van der Waals surface area contributed by atoms with Gasteiger partial charge in [0.1, 0.15) is 0 Å². The molecule has 0 N–H and O–H groups in total. The van der Waals surface area contributed by atoms with E-state index in [1.54, 1.807) is 18.2 Å². The first-order valence-corrected chi connectivity index (χ1v) is 7.91. The van der Waals surface area contributed by atoms with Crippen molar-refractivity contribution in [3.8, 4) is 0 Å². The van der Waals surface area contributed by atoms with Gasteiger partial charge in [0, 0.05) is 16.8 Å². The van der Waals surface area contributed by atoms with Crippen molar-refractivity contribution in [2.45, 2.75) is 38.1 Å². The van der Waals surface area contributed by atoms with Gasteiger partial charge in [-0.15, -0.1) is 0 Å². The Hall–Kier alpha value is -1.32. The monoisotopic (exact) mass is 322 g/mol. The summed E-state index contributed by atoms with van der Waals surface area (Å²) in [6.07, 6.45) is 7.09. The lowest BCUT2D eigenvalue weighted by atomic mass is 10.1. The molecular formula is C16H16Cl2N2O. The van der Waals surface area contributed by atoms with E-state index in [0.29, 0.717) is 21.7 Å². The minimum Gasteiger partial charge on any atom is -0.294 e. The van der Waals surface area contributed by atoms with Crippen molar-refractivity contribution in [3.63, 3.8) is 0 Å². The fraction of sp³-hybridized carbons (Fsp3) is 0.375. The molecule has 1 saturated carbocycles. The highest BCUT2D eigenvalue weighted by Crippen LogP contribution is 2.29. The minimum atomic E-state index is -0.0563. The van der Waals surface area contributed by atoms with Gasteiger partial charge in [-0.2, -0.15) is 5.10 Å². The number of carbonyl (C=O) groups excluding carboxylic acids is 1. The fourth-order valence-corrected chi connectivity index (χ4v) is 3.21. The second kappa shape index (κ2) is 6.20. The van der Waals surface area contributed by atoms with E-state index in [9.17, 15) is 4.79 Å². The molecule has 0 bridgehead atoms. The van der Waals surface area contributed by atoms with Crippen molar-refractivity contribution in [1.29, 1.82) is 0 Å². The smallest absolute Gasteiger partial charge is 0.170 e. The van der Waals surface area contributed by atoms with Gasteiger partial charge in [0.2, 0.25) is 0 Å². The zero-order chi connectivity index (χ0) is 14.8. The molecule has 0 radical (unpaired) electrons. The Morgan fingerprint density at radius 1 is 1.24 bits per heavy atom. The van der Waals surface area contributed by atoms with E-state index in [4.69, 9.17) is 23.2 Å². The third-order valence-corrected chi connectivity index (χ3v) is 4.50. The zero-order valence-corrected chi connectivity index (χ0v) is 13.1. The number of Topliss-reactive ketones (excluding diaryl/α,β-unsaturated/α-hetero) is 1. The molecule has 1 aromatic carbocycles. The standard InChI is InChI=1S/C16H16Cl2N2O/c17-11-5-6-15(18)14(9-11)16(21)10-12-7-8-20(19-12)13-3-1-2-4-13/h5-9,13H,1-4,10H2. The van der Waals surface area contributed by atoms with Crippen LogP contribution in [0.5, 0.6) is 0 Å². The number of ketones is 1. The molecule has 0 saturated heterocycles. The average Bonchev–Trinajstić information content (AvgIpc) is 3.11. The molecule has 0 aliphatic heterocycles. The van der Waals surface area contributed by atoms with E-state index in [1.807, 2.05) is 16.9 Å². The number of rotatable bonds is 4. The molecule has 1 aromatic heterocycles. The zero-order valence-electron chi connectivity index (χ0n) is 11.6. The van der Waals surface area contributed by atoms with Crippen LogP contribution >= 0.6 is 23.2 Å². The molecule has 0 atom stereocenters. The van der Waals surface area contributed by atoms with Crippen LogP contribution in [0.3, 0.4) is 0 Å². The van der Waals surface area contributed by atoms with Crippen LogP contribution in [-0.2, 0) is 6.42 Å². The van der Waals surface area contributed by atoms with Gasteiger partial charge in [0.05, 0.1) is 23.2 Å². The summed E-state index contributed by atoms with van der Waals surface area (Å²) in [6, 6.07) is 7.34. The molecule has 110 valence electrons. The number of aromatic nitrogens is 2. The van der Waals surface area contributed by atoms with E-state index in [0.717, 1.165) is 5.69 Å². The molecule has 3 rings (SSSR count). The Labute approximate surface area is 133 Å². The summed E-state index contributed by atoms with van der Waals surface area (Å²) < 4.78 is 2.00. The SMILES string of the molecule is O=C(Cc1ccn(C2CCCC2)n1)c1cc(Cl)ccc1Cl. The highest BCUT2D eigenvalue weighted by Gasteiger charge is 2.19. The Morgan fingerprint density at radius 3 is 2.76 bits per heavy atom. The van der Waals surface area contributed by atoms with Crippen LogP contribution in [0.1, 0.15) is 47.8 Å². The van der Waals surface area contributed by atoms with Crippen molar-refractivity contribution in [2.24, 2.45) is 0 Å². The molecule has 0 amide bonds. The van der Waals surface area contributed by atoms with Gasteiger partial charge in [-0.1, -0.05) is 36.0 Å². The molecule has 1 heterocycles. The Balaban J connectivity index is 1.74. The molecule has 1 fully saturated rings. The molecule has 0 spiro atoms. The van der Waals surface area contributed by atoms with Crippen molar-refractivity contribution in [2.75, 3.05) is 0 Å². The number of halogens is 2. The number of nitrogens with zero attached hydrogens (tertiary/aromatic N) is 2. The summed E-state index contributed by atoms with van der Waals surface area (Å²) in [6.45, 7) is 0. The van der Waals surface area contributed by atoms with E-state index < -0.39 is 0 Å². The van der Waals surface area contributed by atoms with Gasteiger partial charge in [0.25, 0.3) is 0 Å². The second-order valence-electron chi connectivity index (χ2n) is 5.45. The normalized spacial score (nSPS) is 15.5. The molecule has 5 heteroatoms. The van der Waals surface area contributed by atoms with Crippen LogP contribution in [0.25, 0.3) is 0 Å². The molecular weight excluding hydrogens is 307 g/mol. The maximum atomic E-state index is 12.3. The number of hydrogen-bond donors (Lipinski definition) is 0. The van der Waals surface area contributed by atoms with Crippen molar-refractivity contribution in [1.82, 2.24) is 9.78 Å². The lowest BCUT2D eigenvalue weighted by Crippen LogP contribution is -2.08. The number of carbonyl (C=O) groups is 1. The number of hydrogen-bond acceptors (Lipinski definition) is 2. The Morgan fingerprint density at radius 2 is 2.00 bits per heavy atom. The summed E-state index contributed by atoms with van der Waals surface area (Å²) in [5, 5.41) is 5.47. The van der Waals surface area contributed by atoms with Gasteiger partial charge in [0.15, 0.2) is 5.78 Å². The third kappa shape index (κ3) is 3.30. The van der Waals surface area contributed by atoms with E-state index in [2.05, 4.69) is 5.10 Å². The first-order valence-electron chi connectivity index (χ1n) is 7.16. The Kier molecular flexibility index (Phi) is 4.32. The van der Waals surface area contributed by atoms with Gasteiger partial charge in [-0.25, -0.2) is 0 Å². The maximum absolute atomic E-state index is 12.3. The summed E-state index contributed by atoms with van der Waals surface area (Å²) >= 11 is 12.0. The van der Waals surface area contributed by atoms with Gasteiger partial charge in [-0.05, 0) is 37.1 Å². The highest BCUT2D eigenvalue weighted by molar-refractivity contribution is 6.35. The van der Waals surface area contributed by atoms with Crippen LogP contribution in [0.15, 0.2) is 30.5 Å². The van der Waals surface area contributed by atoms with Crippen LogP contribution in [0.2, 0.25) is 10.0 Å². The van der Waals surface area contributed by atoms with E-state index >= 15 is 0 Å². The Bertz CT molecular complexity index is 660. The van der Waals surface area contributed by atoms with Crippen LogP contribution < -0.4 is 0 Å². The van der Waals surface area contributed by atoms with Crippen LogP contribution in [-0.4, -0.2) is 15.6 Å². The quantitative estimate of drug-likeness (QED) is 0.762. The summed E-state index contributed by atoms with van der Waals surface area (Å²) in [5.74, 6) is -0.0563. The largest absolute Gasteiger partial charge is 0.294 e. The third-order valence-electron chi connectivity index (χ3n) is 3.93. The molecule has 2 aromatic rings. The lowest BCUT2D eigenvalue weighted by molar-refractivity contribution is 0.0992.